The minimum atomic E-state index is -0.625. The Morgan fingerprint density at radius 1 is 1.04 bits per heavy atom. The molecule has 0 radical (unpaired) electrons. The molecular weight excluding hydrogens is 391 g/mol. The van der Waals surface area contributed by atoms with Crippen molar-refractivity contribution < 1.29 is 19.1 Å². The third kappa shape index (κ3) is 6.92. The van der Waals surface area contributed by atoms with Gasteiger partial charge in [0.1, 0.15) is 0 Å². The molecule has 0 saturated carbocycles. The first-order chi connectivity index (χ1) is 12.8. The van der Waals surface area contributed by atoms with E-state index in [0.29, 0.717) is 28.7 Å². The van der Waals surface area contributed by atoms with Gasteiger partial charge >= 0.3 is 5.97 Å². The summed E-state index contributed by atoms with van der Waals surface area (Å²) in [5, 5.41) is 6.33. The number of halogens is 2. The summed E-state index contributed by atoms with van der Waals surface area (Å²) in [7, 11) is 0. The largest absolute Gasteiger partial charge is 0.452 e. The van der Waals surface area contributed by atoms with Gasteiger partial charge in [-0.05, 0) is 48.4 Å². The molecule has 142 valence electrons. The van der Waals surface area contributed by atoms with Gasteiger partial charge in [-0.25, -0.2) is 4.79 Å². The van der Waals surface area contributed by atoms with Crippen LogP contribution in [-0.4, -0.2) is 30.9 Å². The van der Waals surface area contributed by atoms with Crippen LogP contribution in [0.5, 0.6) is 0 Å². The van der Waals surface area contributed by atoms with Crippen LogP contribution in [0.25, 0.3) is 0 Å². The first-order valence-corrected chi connectivity index (χ1v) is 8.86. The second kappa shape index (κ2) is 9.94. The van der Waals surface area contributed by atoms with Crippen LogP contribution in [0, 0.1) is 0 Å². The van der Waals surface area contributed by atoms with E-state index in [1.54, 1.807) is 30.3 Å². The normalized spacial score (nSPS) is 10.2. The number of hydrogen-bond acceptors (Lipinski definition) is 4. The molecule has 2 amide bonds. The molecule has 0 saturated heterocycles. The summed E-state index contributed by atoms with van der Waals surface area (Å²) in [5.41, 5.74) is 1.71. The lowest BCUT2D eigenvalue weighted by molar-refractivity contribution is -0.124. The Kier molecular flexibility index (Phi) is 7.64. The maximum Gasteiger partial charge on any atom is 0.338 e. The van der Waals surface area contributed by atoms with Crippen molar-refractivity contribution in [3.8, 4) is 0 Å². The lowest BCUT2D eigenvalue weighted by Gasteiger charge is -2.08. The highest BCUT2D eigenvalue weighted by Crippen LogP contribution is 2.21. The summed E-state index contributed by atoms with van der Waals surface area (Å²) in [6, 6.07) is 11.3. The molecule has 0 heterocycles. The van der Waals surface area contributed by atoms with Crippen LogP contribution in [0.1, 0.15) is 22.8 Å². The van der Waals surface area contributed by atoms with Gasteiger partial charge < -0.3 is 15.4 Å². The number of nitrogens with one attached hydrogen (secondary N) is 2. The molecule has 8 heteroatoms. The highest BCUT2D eigenvalue weighted by Gasteiger charge is 2.10. The second-order valence-electron chi connectivity index (χ2n) is 5.67. The first kappa shape index (κ1) is 20.7. The number of rotatable bonds is 7. The van der Waals surface area contributed by atoms with Gasteiger partial charge in [0.2, 0.25) is 5.91 Å². The van der Waals surface area contributed by atoms with Gasteiger partial charge in [-0.2, -0.15) is 0 Å². The molecule has 27 heavy (non-hydrogen) atoms. The maximum absolute atomic E-state index is 11.9. The van der Waals surface area contributed by atoms with Crippen LogP contribution in [-0.2, 0) is 20.7 Å². The summed E-state index contributed by atoms with van der Waals surface area (Å²) >= 11 is 11.9. The molecule has 0 aromatic heterocycles. The van der Waals surface area contributed by atoms with E-state index in [4.69, 9.17) is 27.9 Å². The monoisotopic (exact) mass is 408 g/mol. The van der Waals surface area contributed by atoms with Crippen LogP contribution in [0.2, 0.25) is 10.0 Å². The average Bonchev–Trinajstić information content (AvgIpc) is 2.61. The lowest BCUT2D eigenvalue weighted by atomic mass is 10.1. The number of benzene rings is 2. The number of carbonyl (C=O) groups excluding carboxylic acids is 3. The summed E-state index contributed by atoms with van der Waals surface area (Å²) in [6.07, 6.45) is 0.528. The van der Waals surface area contributed by atoms with Crippen molar-refractivity contribution in [2.45, 2.75) is 13.3 Å². The van der Waals surface area contributed by atoms with Crippen LogP contribution in [0.4, 0.5) is 5.69 Å². The van der Waals surface area contributed by atoms with E-state index < -0.39 is 11.9 Å². The van der Waals surface area contributed by atoms with Gasteiger partial charge in [-0.1, -0.05) is 29.3 Å². The number of ether oxygens (including phenoxy) is 1. The molecular formula is C19H18Cl2N2O4. The van der Waals surface area contributed by atoms with E-state index in [1.807, 2.05) is 0 Å². The summed E-state index contributed by atoms with van der Waals surface area (Å²) in [4.78, 5) is 34.7. The zero-order valence-corrected chi connectivity index (χ0v) is 16.1. The fourth-order valence-corrected chi connectivity index (χ4v) is 2.72. The molecule has 2 N–H and O–H groups in total. The van der Waals surface area contributed by atoms with Crippen molar-refractivity contribution in [1.29, 1.82) is 0 Å². The molecule has 0 atom stereocenters. The van der Waals surface area contributed by atoms with Crippen molar-refractivity contribution in [2.75, 3.05) is 18.5 Å². The van der Waals surface area contributed by atoms with E-state index in [9.17, 15) is 14.4 Å². The molecule has 2 rings (SSSR count). The fraction of sp³-hybridized carbons (Fsp3) is 0.211. The molecule has 6 nitrogen and oxygen atoms in total. The molecule has 2 aromatic rings. The minimum Gasteiger partial charge on any atom is -0.452 e. The Bertz CT molecular complexity index is 838. The third-order valence-corrected chi connectivity index (χ3v) is 4.09. The van der Waals surface area contributed by atoms with Crippen LogP contribution in [0.15, 0.2) is 42.5 Å². The Morgan fingerprint density at radius 3 is 2.37 bits per heavy atom. The smallest absolute Gasteiger partial charge is 0.338 e. The predicted molar refractivity (Wildman–Crippen MR) is 104 cm³/mol. The second-order valence-corrected chi connectivity index (χ2v) is 6.51. The number of carbonyl (C=O) groups is 3. The molecule has 0 unspecified atom stereocenters. The zero-order chi connectivity index (χ0) is 19.8. The summed E-state index contributed by atoms with van der Waals surface area (Å²) < 4.78 is 4.97. The van der Waals surface area contributed by atoms with Gasteiger partial charge in [0, 0.05) is 29.2 Å². The van der Waals surface area contributed by atoms with Gasteiger partial charge in [-0.15, -0.1) is 0 Å². The third-order valence-electron chi connectivity index (χ3n) is 3.51. The van der Waals surface area contributed by atoms with Crippen molar-refractivity contribution in [3.05, 3.63) is 63.6 Å². The predicted octanol–water partition coefficient (Wildman–Crippen LogP) is 3.47. The number of esters is 1. The topological polar surface area (TPSA) is 84.5 Å². The number of amides is 2. The van der Waals surface area contributed by atoms with Gasteiger partial charge in [0.15, 0.2) is 6.61 Å². The van der Waals surface area contributed by atoms with Crippen molar-refractivity contribution >= 4 is 46.7 Å². The Labute approximate surface area is 166 Å². The SMILES string of the molecule is CC(=O)Nc1ccc(C(=O)OCC(=O)NCCc2ccc(Cl)cc2Cl)cc1. The van der Waals surface area contributed by atoms with E-state index in [1.165, 1.54) is 19.1 Å². The van der Waals surface area contributed by atoms with E-state index in [-0.39, 0.29) is 18.1 Å². The average molecular weight is 409 g/mol. The number of hydrogen-bond donors (Lipinski definition) is 2. The van der Waals surface area contributed by atoms with Crippen molar-refractivity contribution in [2.24, 2.45) is 0 Å². The maximum atomic E-state index is 11.9. The van der Waals surface area contributed by atoms with Crippen LogP contribution in [0.3, 0.4) is 0 Å². The van der Waals surface area contributed by atoms with Crippen molar-refractivity contribution in [1.82, 2.24) is 5.32 Å². The fourth-order valence-electron chi connectivity index (χ4n) is 2.22. The van der Waals surface area contributed by atoms with Crippen molar-refractivity contribution in [3.63, 3.8) is 0 Å². The first-order valence-electron chi connectivity index (χ1n) is 8.10. The number of anilines is 1. The van der Waals surface area contributed by atoms with E-state index in [2.05, 4.69) is 10.6 Å². The van der Waals surface area contributed by atoms with Crippen LogP contribution < -0.4 is 10.6 Å². The Morgan fingerprint density at radius 2 is 1.74 bits per heavy atom. The van der Waals surface area contributed by atoms with Gasteiger partial charge in [0.05, 0.1) is 5.56 Å². The zero-order valence-electron chi connectivity index (χ0n) is 14.6. The summed E-state index contributed by atoms with van der Waals surface area (Å²) in [6.45, 7) is 1.35. The molecule has 2 aromatic carbocycles. The molecule has 0 aliphatic heterocycles. The van der Waals surface area contributed by atoms with Crippen LogP contribution >= 0.6 is 23.2 Å². The minimum absolute atomic E-state index is 0.207. The Hall–Kier alpha value is -2.57. The van der Waals surface area contributed by atoms with Gasteiger partial charge in [0.25, 0.3) is 5.91 Å². The lowest BCUT2D eigenvalue weighted by Crippen LogP contribution is -2.30. The Balaban J connectivity index is 1.74. The molecule has 0 bridgehead atoms. The van der Waals surface area contributed by atoms with Gasteiger partial charge in [-0.3, -0.25) is 9.59 Å². The molecule has 0 spiro atoms. The highest BCUT2D eigenvalue weighted by molar-refractivity contribution is 6.35. The molecule has 0 aliphatic carbocycles. The van der Waals surface area contributed by atoms with E-state index in [0.717, 1.165) is 5.56 Å². The quantitative estimate of drug-likeness (QED) is 0.686. The van der Waals surface area contributed by atoms with E-state index >= 15 is 0 Å². The standard InChI is InChI=1S/C19H18Cl2N2O4/c1-12(24)23-16-6-3-14(4-7-16)19(26)27-11-18(25)22-9-8-13-2-5-15(20)10-17(13)21/h2-7,10H,8-9,11H2,1H3,(H,22,25)(H,23,24). The summed E-state index contributed by atoms with van der Waals surface area (Å²) in [5.74, 6) is -1.24. The molecule has 0 fully saturated rings. The molecule has 0 aliphatic rings. The highest BCUT2D eigenvalue weighted by atomic mass is 35.5.